The van der Waals surface area contributed by atoms with Crippen molar-refractivity contribution in [1.29, 1.82) is 0 Å². The lowest BCUT2D eigenvalue weighted by atomic mass is 9.96. The molecule has 3 aromatic carbocycles. The maximum absolute atomic E-state index is 14.3. The molecule has 0 radical (unpaired) electrons. The third kappa shape index (κ3) is 5.71. The van der Waals surface area contributed by atoms with Gasteiger partial charge in [0, 0.05) is 12.2 Å². The molecule has 1 aliphatic heterocycles. The van der Waals surface area contributed by atoms with Gasteiger partial charge in [-0.25, -0.2) is 22.5 Å². The molecular formula is C27H29FN2O4S. The lowest BCUT2D eigenvalue weighted by Gasteiger charge is -2.39. The fourth-order valence-electron chi connectivity index (χ4n) is 4.29. The Kier molecular flexibility index (Phi) is 7.23. The van der Waals surface area contributed by atoms with Crippen LogP contribution in [-0.4, -0.2) is 37.0 Å². The number of aliphatic hydroxyl groups is 1. The number of hydrogen-bond donors (Lipinski definition) is 2. The number of rotatable bonds is 7. The van der Waals surface area contributed by atoms with E-state index < -0.39 is 32.7 Å². The van der Waals surface area contributed by atoms with E-state index in [1.807, 2.05) is 54.6 Å². The molecule has 2 N–H and O–H groups in total. The third-order valence-electron chi connectivity index (χ3n) is 6.16. The lowest BCUT2D eigenvalue weighted by molar-refractivity contribution is 0.0759. The van der Waals surface area contributed by atoms with Gasteiger partial charge in [-0.05, 0) is 49.4 Å². The molecule has 1 saturated heterocycles. The molecule has 0 amide bonds. The minimum Gasteiger partial charge on any atom is -0.457 e. The largest absolute Gasteiger partial charge is 0.457 e. The summed E-state index contributed by atoms with van der Waals surface area (Å²) in [6.07, 6.45) is 0.366. The van der Waals surface area contributed by atoms with E-state index >= 15 is 0 Å². The predicted octanol–water partition coefficient (Wildman–Crippen LogP) is 4.61. The Bertz CT molecular complexity index is 1290. The molecule has 0 aromatic heterocycles. The van der Waals surface area contributed by atoms with Gasteiger partial charge in [-0.2, -0.15) is 0 Å². The van der Waals surface area contributed by atoms with E-state index in [-0.39, 0.29) is 31.0 Å². The first-order chi connectivity index (χ1) is 16.7. The van der Waals surface area contributed by atoms with Crippen molar-refractivity contribution in [2.24, 2.45) is 4.99 Å². The van der Waals surface area contributed by atoms with E-state index in [1.54, 1.807) is 32.0 Å². The van der Waals surface area contributed by atoms with E-state index in [4.69, 9.17) is 4.74 Å². The number of nitrogens with one attached hydrogen (secondary N) is 1. The summed E-state index contributed by atoms with van der Waals surface area (Å²) in [5.74, 6) is -0.481. The standard InChI is InChI=1S/C27H29FN2O4S/c1-27(2)25(18-19-12-14-21(15-13-19)20-8-4-3-5-9-20)35(32,33)30-26(34-27)29-24(16-17-31)22-10-6-7-11-23(22)28/h3-15,24-25,31H,16-18H2,1-2H3,(H,29,30). The number of sulfonamides is 1. The van der Waals surface area contributed by atoms with Crippen LogP contribution in [0.3, 0.4) is 0 Å². The molecule has 0 aliphatic carbocycles. The molecule has 0 saturated carbocycles. The van der Waals surface area contributed by atoms with Crippen LogP contribution < -0.4 is 4.72 Å². The van der Waals surface area contributed by atoms with Crippen LogP contribution >= 0.6 is 0 Å². The van der Waals surface area contributed by atoms with Crippen molar-refractivity contribution >= 4 is 16.0 Å². The summed E-state index contributed by atoms with van der Waals surface area (Å²) in [4.78, 5) is 4.34. The molecular weight excluding hydrogens is 467 g/mol. The highest BCUT2D eigenvalue weighted by Gasteiger charge is 2.47. The Balaban J connectivity index is 1.56. The molecule has 35 heavy (non-hydrogen) atoms. The lowest BCUT2D eigenvalue weighted by Crippen LogP contribution is -2.59. The van der Waals surface area contributed by atoms with Gasteiger partial charge in [0.1, 0.15) is 16.7 Å². The normalized spacial score (nSPS) is 20.6. The Labute approximate surface area is 205 Å². The highest BCUT2D eigenvalue weighted by atomic mass is 32.2. The number of halogens is 1. The quantitative estimate of drug-likeness (QED) is 0.500. The molecule has 0 spiro atoms. The van der Waals surface area contributed by atoms with Gasteiger partial charge in [-0.3, -0.25) is 0 Å². The minimum atomic E-state index is -3.86. The summed E-state index contributed by atoms with van der Waals surface area (Å²) in [6.45, 7) is 3.16. The number of hydrogen-bond acceptors (Lipinski definition) is 5. The highest BCUT2D eigenvalue weighted by Crippen LogP contribution is 2.31. The first-order valence-electron chi connectivity index (χ1n) is 11.5. The molecule has 2 unspecified atom stereocenters. The van der Waals surface area contributed by atoms with Crippen LogP contribution in [0, 0.1) is 5.82 Å². The van der Waals surface area contributed by atoms with Crippen LogP contribution in [0.25, 0.3) is 11.1 Å². The molecule has 1 aliphatic rings. The van der Waals surface area contributed by atoms with Gasteiger partial charge < -0.3 is 9.84 Å². The van der Waals surface area contributed by atoms with Gasteiger partial charge in [-0.1, -0.05) is 72.8 Å². The van der Waals surface area contributed by atoms with Gasteiger partial charge in [0.25, 0.3) is 6.02 Å². The average Bonchev–Trinajstić information content (AvgIpc) is 2.82. The van der Waals surface area contributed by atoms with Crippen molar-refractivity contribution in [3.63, 3.8) is 0 Å². The number of aliphatic hydroxyl groups excluding tert-OH is 1. The van der Waals surface area contributed by atoms with E-state index in [9.17, 15) is 17.9 Å². The fourth-order valence-corrected chi connectivity index (χ4v) is 5.97. The topological polar surface area (TPSA) is 88.0 Å². The molecule has 2 atom stereocenters. The van der Waals surface area contributed by atoms with Gasteiger partial charge >= 0.3 is 0 Å². The smallest absolute Gasteiger partial charge is 0.299 e. The summed E-state index contributed by atoms with van der Waals surface area (Å²) < 4.78 is 49.2. The summed E-state index contributed by atoms with van der Waals surface area (Å²) in [5, 5.41) is 8.58. The average molecular weight is 497 g/mol. The zero-order chi connectivity index (χ0) is 25.1. The van der Waals surface area contributed by atoms with Crippen LogP contribution in [0.1, 0.15) is 37.4 Å². The van der Waals surface area contributed by atoms with Crippen molar-refractivity contribution in [3.05, 3.63) is 95.8 Å². The molecule has 1 fully saturated rings. The Morgan fingerprint density at radius 1 is 1.00 bits per heavy atom. The van der Waals surface area contributed by atoms with Crippen molar-refractivity contribution in [1.82, 2.24) is 4.72 Å². The molecule has 184 valence electrons. The Morgan fingerprint density at radius 2 is 1.63 bits per heavy atom. The van der Waals surface area contributed by atoms with Crippen LogP contribution in [0.2, 0.25) is 0 Å². The first-order valence-corrected chi connectivity index (χ1v) is 13.0. The second-order valence-electron chi connectivity index (χ2n) is 9.09. The zero-order valence-electron chi connectivity index (χ0n) is 19.7. The zero-order valence-corrected chi connectivity index (χ0v) is 20.5. The van der Waals surface area contributed by atoms with Gasteiger partial charge in [0.15, 0.2) is 0 Å². The second kappa shape index (κ2) is 10.2. The van der Waals surface area contributed by atoms with E-state index in [0.29, 0.717) is 0 Å². The van der Waals surface area contributed by atoms with E-state index in [0.717, 1.165) is 16.7 Å². The predicted molar refractivity (Wildman–Crippen MR) is 135 cm³/mol. The maximum Gasteiger partial charge on any atom is 0.299 e. The number of ether oxygens (including phenoxy) is 1. The van der Waals surface area contributed by atoms with Gasteiger partial charge in [0.2, 0.25) is 10.0 Å². The van der Waals surface area contributed by atoms with E-state index in [2.05, 4.69) is 9.71 Å². The van der Waals surface area contributed by atoms with Crippen LogP contribution in [0.4, 0.5) is 4.39 Å². The molecule has 0 bridgehead atoms. The Morgan fingerprint density at radius 3 is 2.26 bits per heavy atom. The molecule has 4 rings (SSSR count). The van der Waals surface area contributed by atoms with Crippen molar-refractivity contribution in [2.45, 2.75) is 43.6 Å². The number of amidine groups is 1. The molecule has 1 heterocycles. The second-order valence-corrected chi connectivity index (χ2v) is 11.0. The van der Waals surface area contributed by atoms with Gasteiger partial charge in [0.05, 0.1) is 6.04 Å². The third-order valence-corrected chi connectivity index (χ3v) is 8.10. The van der Waals surface area contributed by atoms with Crippen LogP contribution in [0.5, 0.6) is 0 Å². The monoisotopic (exact) mass is 496 g/mol. The van der Waals surface area contributed by atoms with Crippen molar-refractivity contribution in [3.8, 4) is 11.1 Å². The first kappa shape index (κ1) is 24.9. The fraction of sp³-hybridized carbons (Fsp3) is 0.296. The summed E-state index contributed by atoms with van der Waals surface area (Å²) in [5.41, 5.74) is 2.16. The number of nitrogens with zero attached hydrogens (tertiary/aromatic N) is 1. The summed E-state index contributed by atoms with van der Waals surface area (Å²) in [6, 6.07) is 22.8. The number of benzene rings is 3. The minimum absolute atomic E-state index is 0.118. The highest BCUT2D eigenvalue weighted by molar-refractivity contribution is 7.90. The van der Waals surface area contributed by atoms with Crippen LogP contribution in [-0.2, 0) is 21.2 Å². The molecule has 3 aromatic rings. The van der Waals surface area contributed by atoms with Crippen molar-refractivity contribution in [2.75, 3.05) is 6.61 Å². The SMILES string of the molecule is CC1(C)OC(=NC(CCO)c2ccccc2F)NS(=O)(=O)C1Cc1ccc(-c2ccccc2)cc1. The molecule has 8 heteroatoms. The van der Waals surface area contributed by atoms with E-state index in [1.165, 1.54) is 6.07 Å². The summed E-state index contributed by atoms with van der Waals surface area (Å²) >= 11 is 0. The Hall–Kier alpha value is -3.23. The maximum atomic E-state index is 14.3. The van der Waals surface area contributed by atoms with Crippen molar-refractivity contribution < 1.29 is 22.7 Å². The van der Waals surface area contributed by atoms with Crippen LogP contribution in [0.15, 0.2) is 83.9 Å². The molecule has 6 nitrogen and oxygen atoms in total. The van der Waals surface area contributed by atoms with Gasteiger partial charge in [-0.15, -0.1) is 0 Å². The summed E-state index contributed by atoms with van der Waals surface area (Å²) in [7, 11) is -3.86. The number of aliphatic imine (C=N–C) groups is 1.